The number of hydrogen-bond acceptors (Lipinski definition) is 5. The maximum absolute atomic E-state index is 13.2. The Kier molecular flexibility index (Phi) is 8.24. The quantitative estimate of drug-likeness (QED) is 0.347. The van der Waals surface area contributed by atoms with E-state index >= 15 is 0 Å². The molecule has 1 aliphatic carbocycles. The second-order valence-electron chi connectivity index (χ2n) is 9.47. The van der Waals surface area contributed by atoms with Gasteiger partial charge in [0, 0.05) is 29.3 Å². The van der Waals surface area contributed by atoms with Crippen LogP contribution in [0.5, 0.6) is 0 Å². The van der Waals surface area contributed by atoms with Gasteiger partial charge in [-0.15, -0.1) is 0 Å². The summed E-state index contributed by atoms with van der Waals surface area (Å²) < 4.78 is 0. The van der Waals surface area contributed by atoms with Gasteiger partial charge in [-0.05, 0) is 69.3 Å². The molecular weight excluding hydrogens is 464 g/mol. The highest BCUT2D eigenvalue weighted by atomic mass is 16.3. The molecule has 0 spiro atoms. The average Bonchev–Trinajstić information content (AvgIpc) is 3.21. The third-order valence-corrected chi connectivity index (χ3v) is 5.99. The van der Waals surface area contributed by atoms with Crippen molar-refractivity contribution in [1.29, 1.82) is 0 Å². The van der Waals surface area contributed by atoms with Gasteiger partial charge in [0.15, 0.2) is 0 Å². The molecule has 0 radical (unpaired) electrons. The lowest BCUT2D eigenvalue weighted by atomic mass is 9.96. The van der Waals surface area contributed by atoms with Gasteiger partial charge in [-0.1, -0.05) is 42.3 Å². The lowest BCUT2D eigenvalue weighted by Gasteiger charge is -2.18. The molecule has 2 amide bonds. The van der Waals surface area contributed by atoms with E-state index in [4.69, 9.17) is 5.11 Å². The van der Waals surface area contributed by atoms with Gasteiger partial charge < -0.3 is 26.0 Å². The first-order valence-corrected chi connectivity index (χ1v) is 12.3. The van der Waals surface area contributed by atoms with Gasteiger partial charge in [0.1, 0.15) is 0 Å². The van der Waals surface area contributed by atoms with Crippen LogP contribution < -0.4 is 16.0 Å². The van der Waals surface area contributed by atoms with Crippen LogP contribution in [0.2, 0.25) is 0 Å². The zero-order chi connectivity index (χ0) is 26.4. The van der Waals surface area contributed by atoms with Crippen molar-refractivity contribution in [1.82, 2.24) is 10.2 Å². The Hall–Kier alpha value is -4.12. The Labute approximate surface area is 218 Å². The summed E-state index contributed by atoms with van der Waals surface area (Å²) in [7, 11) is 4.08. The van der Waals surface area contributed by atoms with Crippen LogP contribution in [-0.2, 0) is 16.1 Å². The van der Waals surface area contributed by atoms with Crippen molar-refractivity contribution in [2.24, 2.45) is 0 Å². The second-order valence-corrected chi connectivity index (χ2v) is 9.47. The highest BCUT2D eigenvalue weighted by molar-refractivity contribution is 6.33. The van der Waals surface area contributed by atoms with Crippen molar-refractivity contribution >= 4 is 28.8 Å². The lowest BCUT2D eigenvalue weighted by molar-refractivity contribution is -0.116. The maximum atomic E-state index is 13.2. The number of allylic oxidation sites excluding steroid dienone is 3. The Bertz CT molecular complexity index is 1340. The van der Waals surface area contributed by atoms with Gasteiger partial charge in [0.25, 0.3) is 11.8 Å². The number of carbonyl (C=O) groups is 2. The molecule has 0 saturated carbocycles. The number of hydrogen-bond donors (Lipinski definition) is 4. The first-order valence-electron chi connectivity index (χ1n) is 12.3. The number of benzene rings is 2. The van der Waals surface area contributed by atoms with E-state index in [1.807, 2.05) is 32.3 Å². The van der Waals surface area contributed by atoms with Gasteiger partial charge in [-0.25, -0.2) is 0 Å². The molecule has 0 aromatic heterocycles. The summed E-state index contributed by atoms with van der Waals surface area (Å²) in [5.74, 6) is 4.70. The largest absolute Gasteiger partial charge is 0.394 e. The highest BCUT2D eigenvalue weighted by Gasteiger charge is 2.29. The Morgan fingerprint density at radius 3 is 2.62 bits per heavy atom. The van der Waals surface area contributed by atoms with Crippen molar-refractivity contribution in [3.8, 4) is 11.8 Å². The molecule has 0 unspecified atom stereocenters. The number of nitrogens with one attached hydrogen (secondary N) is 3. The van der Waals surface area contributed by atoms with Crippen molar-refractivity contribution in [3.63, 3.8) is 0 Å². The minimum atomic E-state index is -0.467. The lowest BCUT2D eigenvalue weighted by Crippen LogP contribution is -2.33. The molecular formula is C30H32N4O3. The number of anilines is 2. The first-order chi connectivity index (χ1) is 17.8. The van der Waals surface area contributed by atoms with Gasteiger partial charge in [-0.2, -0.15) is 0 Å². The van der Waals surface area contributed by atoms with Crippen LogP contribution in [0.15, 0.2) is 72.0 Å². The van der Waals surface area contributed by atoms with E-state index in [0.29, 0.717) is 16.8 Å². The molecule has 7 heteroatoms. The van der Waals surface area contributed by atoms with Crippen molar-refractivity contribution < 1.29 is 14.7 Å². The number of nitrogens with zero attached hydrogens (tertiary/aromatic N) is 1. The van der Waals surface area contributed by atoms with E-state index in [2.05, 4.69) is 63.1 Å². The van der Waals surface area contributed by atoms with E-state index in [9.17, 15) is 9.59 Å². The van der Waals surface area contributed by atoms with Gasteiger partial charge in [-0.3, -0.25) is 9.59 Å². The van der Waals surface area contributed by atoms with Crippen LogP contribution >= 0.6 is 0 Å². The van der Waals surface area contributed by atoms with Gasteiger partial charge in [0.2, 0.25) is 0 Å². The fourth-order valence-corrected chi connectivity index (χ4v) is 4.21. The number of aliphatic hydroxyl groups is 1. The third-order valence-electron chi connectivity index (χ3n) is 5.99. The second kappa shape index (κ2) is 11.7. The highest BCUT2D eigenvalue weighted by Crippen LogP contribution is 2.37. The summed E-state index contributed by atoms with van der Waals surface area (Å²) >= 11 is 0. The third kappa shape index (κ3) is 6.56. The fraction of sp³-hybridized carbons (Fsp3) is 0.267. The van der Waals surface area contributed by atoms with Crippen molar-refractivity contribution in [2.75, 3.05) is 31.3 Å². The molecule has 0 fully saturated rings. The van der Waals surface area contributed by atoms with E-state index < -0.39 is 5.91 Å². The topological polar surface area (TPSA) is 93.7 Å². The van der Waals surface area contributed by atoms with Crippen LogP contribution in [0.25, 0.3) is 5.57 Å². The summed E-state index contributed by atoms with van der Waals surface area (Å²) in [6, 6.07) is 13.3. The number of rotatable bonds is 7. The van der Waals surface area contributed by atoms with Crippen LogP contribution in [0.1, 0.15) is 36.5 Å². The monoisotopic (exact) mass is 496 g/mol. The molecule has 1 atom stereocenters. The molecule has 2 aromatic carbocycles. The molecule has 1 aliphatic heterocycles. The number of carbonyl (C=O) groups excluding carboxylic acids is 2. The minimum absolute atomic E-state index is 0.157. The van der Waals surface area contributed by atoms with Crippen molar-refractivity contribution in [2.45, 2.75) is 32.4 Å². The molecule has 37 heavy (non-hydrogen) atoms. The van der Waals surface area contributed by atoms with Crippen molar-refractivity contribution in [3.05, 3.63) is 88.7 Å². The van der Waals surface area contributed by atoms with E-state index in [1.54, 1.807) is 19.1 Å². The molecule has 4 N–H and O–H groups in total. The van der Waals surface area contributed by atoms with Crippen LogP contribution in [0, 0.1) is 11.8 Å². The predicted molar refractivity (Wildman–Crippen MR) is 147 cm³/mol. The average molecular weight is 497 g/mol. The zero-order valence-corrected chi connectivity index (χ0v) is 21.4. The molecule has 2 aromatic rings. The molecule has 4 rings (SSSR count). The summed E-state index contributed by atoms with van der Waals surface area (Å²) in [6.07, 6.45) is 8.20. The Morgan fingerprint density at radius 2 is 1.95 bits per heavy atom. The zero-order valence-electron chi connectivity index (χ0n) is 21.4. The van der Waals surface area contributed by atoms with Gasteiger partial charge in [0.05, 0.1) is 29.6 Å². The molecule has 2 aliphatic rings. The number of fused-ring (bicyclic) bond motifs is 1. The fourth-order valence-electron chi connectivity index (χ4n) is 4.21. The minimum Gasteiger partial charge on any atom is -0.394 e. The van der Waals surface area contributed by atoms with E-state index in [0.717, 1.165) is 41.9 Å². The Balaban J connectivity index is 1.67. The van der Waals surface area contributed by atoms with Crippen LogP contribution in [0.3, 0.4) is 0 Å². The van der Waals surface area contributed by atoms with Crippen LogP contribution in [0.4, 0.5) is 11.4 Å². The maximum Gasteiger partial charge on any atom is 0.296 e. The number of amides is 2. The predicted octanol–water partition coefficient (Wildman–Crippen LogP) is 3.65. The molecule has 0 saturated heterocycles. The summed E-state index contributed by atoms with van der Waals surface area (Å²) in [5.41, 5.74) is 6.44. The van der Waals surface area contributed by atoms with E-state index in [1.165, 1.54) is 5.56 Å². The van der Waals surface area contributed by atoms with E-state index in [-0.39, 0.29) is 18.6 Å². The SMILES string of the molecule is C[C@H](CO)NC(=O)C#Cc1ccc2c(c1)NC(=O)/C2=C(\Nc1ccc(CN(C)C)cc1)C1=CCCC=C1. The summed E-state index contributed by atoms with van der Waals surface area (Å²) in [6.45, 7) is 2.39. The Morgan fingerprint density at radius 1 is 1.16 bits per heavy atom. The molecule has 0 bridgehead atoms. The molecule has 7 nitrogen and oxygen atoms in total. The molecule has 190 valence electrons. The molecule has 1 heterocycles. The number of aliphatic hydroxyl groups excluding tert-OH is 1. The summed E-state index contributed by atoms with van der Waals surface area (Å²) in [4.78, 5) is 27.3. The smallest absolute Gasteiger partial charge is 0.296 e. The normalized spacial score (nSPS) is 16.2. The van der Waals surface area contributed by atoms with Crippen LogP contribution in [-0.4, -0.2) is 48.6 Å². The summed E-state index contributed by atoms with van der Waals surface area (Å²) in [5, 5.41) is 18.1. The first kappa shape index (κ1) is 26.0. The van der Waals surface area contributed by atoms with Gasteiger partial charge >= 0.3 is 0 Å². The standard InChI is InChI=1S/C30H32N4O3/c1-20(19-35)31-27(36)16-12-21-11-15-25-26(17-21)33-30(37)28(25)29(23-7-5-4-6-8-23)32-24-13-9-22(10-14-24)18-34(2)3/h5,7-11,13-15,17,20,32,35H,4,6,18-19H2,1-3H3,(H,31,36)(H,33,37)/b29-28-/t20-/m1/s1.